The SMILES string of the molecule is C#CCCOc1cc(-c2ccc(C)s2)cc2c1OCCN(C(=O)c1ccc(OC)cc1)C2. The third-order valence-electron chi connectivity index (χ3n) is 5.25. The molecule has 0 saturated carbocycles. The molecule has 0 radical (unpaired) electrons. The Morgan fingerprint density at radius 3 is 2.72 bits per heavy atom. The van der Waals surface area contributed by atoms with Crippen LogP contribution in [0.5, 0.6) is 17.2 Å². The maximum absolute atomic E-state index is 13.2. The van der Waals surface area contributed by atoms with E-state index in [0.29, 0.717) is 49.8 Å². The molecule has 0 spiro atoms. The van der Waals surface area contributed by atoms with Gasteiger partial charge in [-0.25, -0.2) is 0 Å². The molecule has 0 saturated heterocycles. The van der Waals surface area contributed by atoms with Gasteiger partial charge in [-0.05, 0) is 61.0 Å². The summed E-state index contributed by atoms with van der Waals surface area (Å²) in [4.78, 5) is 17.4. The van der Waals surface area contributed by atoms with Crippen LogP contribution in [0.15, 0.2) is 48.5 Å². The Labute approximate surface area is 192 Å². The Morgan fingerprint density at radius 2 is 2.03 bits per heavy atom. The summed E-state index contributed by atoms with van der Waals surface area (Å²) in [6.45, 7) is 3.80. The Hall–Kier alpha value is -3.43. The molecule has 5 nitrogen and oxygen atoms in total. The largest absolute Gasteiger partial charge is 0.497 e. The molecule has 6 heteroatoms. The number of fused-ring (bicyclic) bond motifs is 1. The summed E-state index contributed by atoms with van der Waals surface area (Å²) >= 11 is 1.72. The maximum atomic E-state index is 13.2. The number of terminal acetylenes is 1. The monoisotopic (exact) mass is 447 g/mol. The molecular weight excluding hydrogens is 422 g/mol. The molecule has 0 atom stereocenters. The molecule has 2 aromatic carbocycles. The first-order chi connectivity index (χ1) is 15.6. The quantitative estimate of drug-likeness (QED) is 0.386. The molecule has 1 amide bonds. The number of benzene rings is 2. The highest BCUT2D eigenvalue weighted by Gasteiger charge is 2.24. The molecule has 1 aliphatic heterocycles. The Balaban J connectivity index is 1.67. The van der Waals surface area contributed by atoms with Crippen molar-refractivity contribution in [3.05, 3.63) is 64.5 Å². The molecule has 2 heterocycles. The molecule has 0 N–H and O–H groups in total. The molecule has 32 heavy (non-hydrogen) atoms. The van der Waals surface area contributed by atoms with E-state index in [1.54, 1.807) is 42.7 Å². The molecular formula is C26H25NO4S. The number of thiophene rings is 1. The highest BCUT2D eigenvalue weighted by atomic mass is 32.1. The minimum absolute atomic E-state index is 0.0451. The molecule has 0 bridgehead atoms. The summed E-state index contributed by atoms with van der Waals surface area (Å²) in [6, 6.07) is 15.5. The van der Waals surface area contributed by atoms with Crippen molar-refractivity contribution in [1.29, 1.82) is 0 Å². The van der Waals surface area contributed by atoms with Gasteiger partial charge < -0.3 is 19.1 Å². The second-order valence-corrected chi connectivity index (χ2v) is 8.77. The molecule has 0 aliphatic carbocycles. The lowest BCUT2D eigenvalue weighted by Crippen LogP contribution is -2.32. The zero-order valence-electron chi connectivity index (χ0n) is 18.2. The van der Waals surface area contributed by atoms with Gasteiger partial charge in [0.1, 0.15) is 12.4 Å². The fourth-order valence-corrected chi connectivity index (χ4v) is 4.49. The smallest absolute Gasteiger partial charge is 0.254 e. The predicted octanol–water partition coefficient (Wildman–Crippen LogP) is 5.17. The fourth-order valence-electron chi connectivity index (χ4n) is 3.63. The lowest BCUT2D eigenvalue weighted by atomic mass is 10.1. The highest BCUT2D eigenvalue weighted by molar-refractivity contribution is 7.15. The highest BCUT2D eigenvalue weighted by Crippen LogP contribution is 2.40. The zero-order chi connectivity index (χ0) is 22.5. The van der Waals surface area contributed by atoms with Crippen LogP contribution in [0.3, 0.4) is 0 Å². The molecule has 3 aromatic rings. The third-order valence-corrected chi connectivity index (χ3v) is 6.30. The van der Waals surface area contributed by atoms with Gasteiger partial charge in [-0.1, -0.05) is 0 Å². The number of hydrogen-bond acceptors (Lipinski definition) is 5. The average molecular weight is 448 g/mol. The lowest BCUT2D eigenvalue weighted by molar-refractivity contribution is 0.0733. The van der Waals surface area contributed by atoms with Crippen molar-refractivity contribution in [3.8, 4) is 40.0 Å². The number of rotatable bonds is 6. The van der Waals surface area contributed by atoms with E-state index in [2.05, 4.69) is 31.0 Å². The van der Waals surface area contributed by atoms with Crippen molar-refractivity contribution in [2.45, 2.75) is 19.9 Å². The summed E-state index contributed by atoms with van der Waals surface area (Å²) in [5.74, 6) is 4.62. The van der Waals surface area contributed by atoms with Gasteiger partial charge in [0.05, 0.1) is 20.3 Å². The first-order valence-electron chi connectivity index (χ1n) is 10.4. The van der Waals surface area contributed by atoms with Gasteiger partial charge in [-0.3, -0.25) is 4.79 Å². The van der Waals surface area contributed by atoms with E-state index in [9.17, 15) is 4.79 Å². The van der Waals surface area contributed by atoms with Crippen LogP contribution in [0, 0.1) is 19.3 Å². The number of amides is 1. The zero-order valence-corrected chi connectivity index (χ0v) is 19.0. The van der Waals surface area contributed by atoms with Gasteiger partial charge >= 0.3 is 0 Å². The number of aryl methyl sites for hydroxylation is 1. The lowest BCUT2D eigenvalue weighted by Gasteiger charge is -2.20. The second kappa shape index (κ2) is 9.80. The number of methoxy groups -OCH3 is 1. The topological polar surface area (TPSA) is 48.0 Å². The Bertz CT molecular complexity index is 1140. The van der Waals surface area contributed by atoms with Crippen LogP contribution < -0.4 is 14.2 Å². The van der Waals surface area contributed by atoms with Gasteiger partial charge in [0.15, 0.2) is 11.5 Å². The van der Waals surface area contributed by atoms with Crippen molar-refractivity contribution in [3.63, 3.8) is 0 Å². The van der Waals surface area contributed by atoms with Crippen LogP contribution in [0.25, 0.3) is 10.4 Å². The summed E-state index contributed by atoms with van der Waals surface area (Å²) in [5.41, 5.74) is 2.58. The second-order valence-electron chi connectivity index (χ2n) is 7.48. The van der Waals surface area contributed by atoms with Crippen LogP contribution in [-0.4, -0.2) is 37.7 Å². The third kappa shape index (κ3) is 4.74. The molecule has 1 aliphatic rings. The number of carbonyl (C=O) groups is 1. The van der Waals surface area contributed by atoms with E-state index in [-0.39, 0.29) is 5.91 Å². The fraction of sp³-hybridized carbons (Fsp3) is 0.269. The van der Waals surface area contributed by atoms with Gasteiger partial charge in [-0.15, -0.1) is 23.7 Å². The number of ether oxygens (including phenoxy) is 3. The summed E-state index contributed by atoms with van der Waals surface area (Å²) < 4.78 is 17.3. The first-order valence-corrected chi connectivity index (χ1v) is 11.3. The summed E-state index contributed by atoms with van der Waals surface area (Å²) in [6.07, 6.45) is 5.91. The van der Waals surface area contributed by atoms with Crippen LogP contribution in [0.4, 0.5) is 0 Å². The molecule has 164 valence electrons. The van der Waals surface area contributed by atoms with E-state index in [1.807, 2.05) is 11.0 Å². The van der Waals surface area contributed by atoms with Crippen LogP contribution in [-0.2, 0) is 6.54 Å². The van der Waals surface area contributed by atoms with Crippen LogP contribution >= 0.6 is 11.3 Å². The van der Waals surface area contributed by atoms with E-state index in [4.69, 9.17) is 20.6 Å². The van der Waals surface area contributed by atoms with Gasteiger partial charge in [0, 0.05) is 33.8 Å². The van der Waals surface area contributed by atoms with Gasteiger partial charge in [-0.2, -0.15) is 0 Å². The number of nitrogens with zero attached hydrogens (tertiary/aromatic N) is 1. The molecule has 1 aromatic heterocycles. The summed E-state index contributed by atoms with van der Waals surface area (Å²) in [5, 5.41) is 0. The molecule has 0 fully saturated rings. The van der Waals surface area contributed by atoms with Crippen molar-refractivity contribution < 1.29 is 19.0 Å². The number of carbonyl (C=O) groups excluding carboxylic acids is 1. The molecule has 4 rings (SSSR count). The normalized spacial score (nSPS) is 12.8. The van der Waals surface area contributed by atoms with Crippen LogP contribution in [0.1, 0.15) is 27.2 Å². The maximum Gasteiger partial charge on any atom is 0.254 e. The first kappa shape index (κ1) is 21.8. The Morgan fingerprint density at radius 1 is 1.22 bits per heavy atom. The van der Waals surface area contributed by atoms with Gasteiger partial charge in [0.25, 0.3) is 5.91 Å². The minimum Gasteiger partial charge on any atom is -0.497 e. The minimum atomic E-state index is -0.0451. The van der Waals surface area contributed by atoms with E-state index >= 15 is 0 Å². The van der Waals surface area contributed by atoms with Crippen LogP contribution in [0.2, 0.25) is 0 Å². The van der Waals surface area contributed by atoms with Crippen molar-refractivity contribution in [2.24, 2.45) is 0 Å². The number of hydrogen-bond donors (Lipinski definition) is 0. The van der Waals surface area contributed by atoms with Gasteiger partial charge in [0.2, 0.25) is 0 Å². The van der Waals surface area contributed by atoms with E-state index in [0.717, 1.165) is 21.8 Å². The van der Waals surface area contributed by atoms with E-state index < -0.39 is 0 Å². The molecule has 0 unspecified atom stereocenters. The Kier molecular flexibility index (Phi) is 6.67. The van der Waals surface area contributed by atoms with Crippen molar-refractivity contribution >= 4 is 17.2 Å². The van der Waals surface area contributed by atoms with Crippen molar-refractivity contribution in [2.75, 3.05) is 26.9 Å². The van der Waals surface area contributed by atoms with Crippen molar-refractivity contribution in [1.82, 2.24) is 4.90 Å². The average Bonchev–Trinajstić information content (AvgIpc) is 3.13. The standard InChI is InChI=1S/C26H25NO4S/c1-4-5-13-30-23-16-20(24-11-6-18(2)32-24)15-21-17-27(12-14-31-25(21)23)26(28)19-7-9-22(29-3)10-8-19/h1,6-11,15-16H,5,12-14,17H2,2-3H3. The predicted molar refractivity (Wildman–Crippen MR) is 127 cm³/mol. The summed E-state index contributed by atoms with van der Waals surface area (Å²) in [7, 11) is 1.61. The van der Waals surface area contributed by atoms with E-state index in [1.165, 1.54) is 4.88 Å².